The summed E-state index contributed by atoms with van der Waals surface area (Å²) in [5.74, 6) is 0.250. The van der Waals surface area contributed by atoms with Gasteiger partial charge in [-0.05, 0) is 55.3 Å². The quantitative estimate of drug-likeness (QED) is 0.700. The van der Waals surface area contributed by atoms with E-state index < -0.39 is 20.1 Å². The number of morpholine rings is 1. The van der Waals surface area contributed by atoms with Gasteiger partial charge >= 0.3 is 10.1 Å². The van der Waals surface area contributed by atoms with Gasteiger partial charge in [-0.2, -0.15) is 12.7 Å². The van der Waals surface area contributed by atoms with Gasteiger partial charge < -0.3 is 8.92 Å². The summed E-state index contributed by atoms with van der Waals surface area (Å²) in [5.41, 5.74) is 1.64. The Labute approximate surface area is 159 Å². The van der Waals surface area contributed by atoms with Gasteiger partial charge in [0.1, 0.15) is 10.6 Å². The van der Waals surface area contributed by atoms with Gasteiger partial charge in [0.25, 0.3) is 0 Å². The van der Waals surface area contributed by atoms with Gasteiger partial charge in [-0.15, -0.1) is 0 Å². The van der Waals surface area contributed by atoms with Gasteiger partial charge in [0.05, 0.1) is 18.1 Å². The van der Waals surface area contributed by atoms with Gasteiger partial charge in [-0.3, -0.25) is 0 Å². The van der Waals surface area contributed by atoms with Gasteiger partial charge in [-0.25, -0.2) is 8.42 Å². The molecule has 2 aromatic rings. The van der Waals surface area contributed by atoms with Gasteiger partial charge in [-0.1, -0.05) is 12.1 Å². The summed E-state index contributed by atoms with van der Waals surface area (Å²) in [4.78, 5) is -0.0700. The highest BCUT2D eigenvalue weighted by Gasteiger charge is 2.27. The first-order valence-electron chi connectivity index (χ1n) is 8.40. The zero-order valence-electron chi connectivity index (χ0n) is 15.1. The smallest absolute Gasteiger partial charge is 0.339 e. The van der Waals surface area contributed by atoms with Crippen molar-refractivity contribution in [1.82, 2.24) is 4.31 Å². The fourth-order valence-corrected chi connectivity index (χ4v) is 5.09. The maximum Gasteiger partial charge on any atom is 0.339 e. The lowest BCUT2D eigenvalue weighted by atomic mass is 10.1. The Kier molecular flexibility index (Phi) is 5.57. The Morgan fingerprint density at radius 3 is 2.11 bits per heavy atom. The van der Waals surface area contributed by atoms with Crippen LogP contribution in [-0.4, -0.2) is 47.4 Å². The summed E-state index contributed by atoms with van der Waals surface area (Å²) < 4.78 is 62.0. The maximum atomic E-state index is 12.6. The van der Waals surface area contributed by atoms with Gasteiger partial charge in [0, 0.05) is 13.1 Å². The second kappa shape index (κ2) is 7.59. The van der Waals surface area contributed by atoms with Crippen molar-refractivity contribution in [2.24, 2.45) is 0 Å². The molecule has 0 atom stereocenters. The molecule has 0 amide bonds. The molecular weight excluding hydrogens is 390 g/mol. The standard InChI is InChI=1S/C18H21NO6S2/c1-14-4-3-5-18(15(14)2)25-27(22,23)17-8-6-16(7-9-17)26(20,21)19-10-12-24-13-11-19/h3-9H,10-13H2,1-2H3. The Bertz CT molecular complexity index is 1020. The highest BCUT2D eigenvalue weighted by atomic mass is 32.2. The predicted molar refractivity (Wildman–Crippen MR) is 99.7 cm³/mol. The Hall–Kier alpha value is -1.94. The van der Waals surface area contributed by atoms with Crippen molar-refractivity contribution in [3.8, 4) is 5.75 Å². The molecule has 7 nitrogen and oxygen atoms in total. The molecule has 27 heavy (non-hydrogen) atoms. The van der Waals surface area contributed by atoms with E-state index in [2.05, 4.69) is 0 Å². The van der Waals surface area contributed by atoms with Gasteiger partial charge in [0.2, 0.25) is 10.0 Å². The van der Waals surface area contributed by atoms with Crippen LogP contribution >= 0.6 is 0 Å². The maximum absolute atomic E-state index is 12.6. The molecule has 1 fully saturated rings. The van der Waals surface area contributed by atoms with Crippen molar-refractivity contribution < 1.29 is 25.8 Å². The van der Waals surface area contributed by atoms with E-state index in [9.17, 15) is 16.8 Å². The van der Waals surface area contributed by atoms with Crippen molar-refractivity contribution in [3.63, 3.8) is 0 Å². The molecule has 3 rings (SSSR count). The number of rotatable bonds is 5. The molecule has 146 valence electrons. The molecule has 1 aliphatic rings. The number of nitrogens with zero attached hydrogens (tertiary/aromatic N) is 1. The monoisotopic (exact) mass is 411 g/mol. The third-order valence-corrected chi connectivity index (χ3v) is 7.64. The summed E-state index contributed by atoms with van der Waals surface area (Å²) in [6.45, 7) is 4.87. The summed E-state index contributed by atoms with van der Waals surface area (Å²) >= 11 is 0. The largest absolute Gasteiger partial charge is 0.379 e. The van der Waals surface area contributed by atoms with Crippen LogP contribution in [0.5, 0.6) is 5.75 Å². The fourth-order valence-electron chi connectivity index (χ4n) is 2.70. The average molecular weight is 412 g/mol. The first-order chi connectivity index (χ1) is 12.7. The number of ether oxygens (including phenoxy) is 1. The molecule has 0 N–H and O–H groups in total. The fraction of sp³-hybridized carbons (Fsp3) is 0.333. The highest BCUT2D eigenvalue weighted by Crippen LogP contribution is 2.26. The lowest BCUT2D eigenvalue weighted by molar-refractivity contribution is 0.0730. The summed E-state index contributed by atoms with van der Waals surface area (Å²) in [5, 5.41) is 0. The lowest BCUT2D eigenvalue weighted by Gasteiger charge is -2.26. The number of hydrogen-bond acceptors (Lipinski definition) is 6. The molecule has 1 saturated heterocycles. The summed E-state index contributed by atoms with van der Waals surface area (Å²) in [7, 11) is -7.75. The molecule has 1 heterocycles. The zero-order valence-corrected chi connectivity index (χ0v) is 16.7. The topological polar surface area (TPSA) is 90.0 Å². The van der Waals surface area contributed by atoms with Crippen LogP contribution in [0.2, 0.25) is 0 Å². The second-order valence-electron chi connectivity index (χ2n) is 6.22. The van der Waals surface area contributed by atoms with E-state index in [4.69, 9.17) is 8.92 Å². The van der Waals surface area contributed by atoms with Crippen molar-refractivity contribution >= 4 is 20.1 Å². The van der Waals surface area contributed by atoms with E-state index in [1.54, 1.807) is 19.1 Å². The van der Waals surface area contributed by atoms with E-state index in [0.717, 1.165) is 11.1 Å². The number of aryl methyl sites for hydroxylation is 1. The van der Waals surface area contributed by atoms with Gasteiger partial charge in [0.15, 0.2) is 0 Å². The van der Waals surface area contributed by atoms with Crippen LogP contribution in [0, 0.1) is 13.8 Å². The second-order valence-corrected chi connectivity index (χ2v) is 9.71. The van der Waals surface area contributed by atoms with Crippen LogP contribution < -0.4 is 4.18 Å². The molecule has 0 bridgehead atoms. The third kappa shape index (κ3) is 4.16. The van der Waals surface area contributed by atoms with E-state index in [-0.39, 0.29) is 28.6 Å². The van der Waals surface area contributed by atoms with E-state index in [0.29, 0.717) is 13.2 Å². The van der Waals surface area contributed by atoms with E-state index in [1.165, 1.54) is 28.6 Å². The molecule has 0 aliphatic carbocycles. The van der Waals surface area contributed by atoms with Crippen LogP contribution in [0.25, 0.3) is 0 Å². The number of hydrogen-bond donors (Lipinski definition) is 0. The number of sulfonamides is 1. The van der Waals surface area contributed by atoms with E-state index >= 15 is 0 Å². The Morgan fingerprint density at radius 1 is 0.889 bits per heavy atom. The normalized spacial score (nSPS) is 16.2. The highest BCUT2D eigenvalue weighted by molar-refractivity contribution is 7.89. The van der Waals surface area contributed by atoms with Crippen LogP contribution in [-0.2, 0) is 24.9 Å². The van der Waals surface area contributed by atoms with Crippen molar-refractivity contribution in [1.29, 1.82) is 0 Å². The van der Waals surface area contributed by atoms with Crippen LogP contribution in [0.1, 0.15) is 11.1 Å². The molecular formula is C18H21NO6S2. The number of benzene rings is 2. The molecule has 1 aliphatic heterocycles. The average Bonchev–Trinajstić information content (AvgIpc) is 2.66. The van der Waals surface area contributed by atoms with Crippen LogP contribution in [0.3, 0.4) is 0 Å². The summed E-state index contributed by atoms with van der Waals surface area (Å²) in [6.07, 6.45) is 0. The molecule has 0 spiro atoms. The lowest BCUT2D eigenvalue weighted by Crippen LogP contribution is -2.40. The zero-order chi connectivity index (χ0) is 19.7. The van der Waals surface area contributed by atoms with Crippen molar-refractivity contribution in [2.75, 3.05) is 26.3 Å². The third-order valence-electron chi connectivity index (χ3n) is 4.47. The minimum atomic E-state index is -4.07. The molecule has 0 radical (unpaired) electrons. The van der Waals surface area contributed by atoms with E-state index in [1.807, 2.05) is 13.0 Å². The first-order valence-corrected chi connectivity index (χ1v) is 11.3. The predicted octanol–water partition coefficient (Wildman–Crippen LogP) is 2.09. The molecule has 9 heteroatoms. The Morgan fingerprint density at radius 2 is 1.48 bits per heavy atom. The minimum absolute atomic E-state index is 0.0371. The molecule has 0 saturated carbocycles. The van der Waals surface area contributed by atoms with Crippen LogP contribution in [0.4, 0.5) is 0 Å². The Balaban J connectivity index is 1.85. The van der Waals surface area contributed by atoms with Crippen molar-refractivity contribution in [3.05, 3.63) is 53.6 Å². The molecule has 0 unspecified atom stereocenters. The van der Waals surface area contributed by atoms with Crippen molar-refractivity contribution in [2.45, 2.75) is 23.6 Å². The summed E-state index contributed by atoms with van der Waals surface area (Å²) in [6, 6.07) is 10.2. The first kappa shape index (κ1) is 19.8. The molecule has 0 aromatic heterocycles. The van der Waals surface area contributed by atoms with Crippen LogP contribution in [0.15, 0.2) is 52.3 Å². The molecule has 2 aromatic carbocycles. The SMILES string of the molecule is Cc1cccc(OS(=O)(=O)c2ccc(S(=O)(=O)N3CCOCC3)cc2)c1C. The minimum Gasteiger partial charge on any atom is -0.379 e.